The van der Waals surface area contributed by atoms with Gasteiger partial charge in [-0.3, -0.25) is 9.48 Å². The Bertz CT molecular complexity index is 1350. The number of aromatic nitrogens is 4. The molecule has 1 amide bonds. The Labute approximate surface area is 205 Å². The number of aromatic amines is 1. The van der Waals surface area contributed by atoms with E-state index >= 15 is 0 Å². The average Bonchev–Trinajstić information content (AvgIpc) is 3.38. The summed E-state index contributed by atoms with van der Waals surface area (Å²) in [5.74, 6) is 0.511. The van der Waals surface area contributed by atoms with Crippen molar-refractivity contribution in [3.8, 4) is 0 Å². The maximum absolute atomic E-state index is 12.9. The summed E-state index contributed by atoms with van der Waals surface area (Å²) in [6.45, 7) is 3.98. The second-order valence-corrected chi connectivity index (χ2v) is 9.28. The number of carbonyl (C=O) groups is 2. The molecule has 35 heavy (non-hydrogen) atoms. The number of hydrogen-bond donors (Lipinski definition) is 2. The van der Waals surface area contributed by atoms with Crippen molar-refractivity contribution >= 4 is 28.9 Å². The molecule has 4 aromatic rings. The van der Waals surface area contributed by atoms with E-state index in [9.17, 15) is 9.59 Å². The number of fused-ring (bicyclic) bond motifs is 1. The molecule has 182 valence electrons. The summed E-state index contributed by atoms with van der Waals surface area (Å²) in [7, 11) is 5.80. The molecule has 0 spiro atoms. The number of hydrogen-bond acceptors (Lipinski definition) is 5. The van der Waals surface area contributed by atoms with Gasteiger partial charge in [-0.15, -0.1) is 0 Å². The molecule has 0 aliphatic carbocycles. The van der Waals surface area contributed by atoms with Crippen molar-refractivity contribution in [2.24, 2.45) is 7.05 Å². The number of benzene rings is 2. The number of aryl methyl sites for hydroxylation is 4. The van der Waals surface area contributed by atoms with E-state index in [0.717, 1.165) is 45.7 Å². The Kier molecular flexibility index (Phi) is 7.00. The van der Waals surface area contributed by atoms with Crippen LogP contribution in [0.5, 0.6) is 0 Å². The smallest absolute Gasteiger partial charge is 0.272 e. The first-order valence-electron chi connectivity index (χ1n) is 11.7. The molecule has 0 aliphatic heterocycles. The van der Waals surface area contributed by atoms with E-state index in [1.807, 2.05) is 39.0 Å². The lowest BCUT2D eigenvalue weighted by Crippen LogP contribution is -2.36. The van der Waals surface area contributed by atoms with E-state index in [-0.39, 0.29) is 5.91 Å². The lowest BCUT2D eigenvalue weighted by atomic mass is 10.0. The normalized spacial score (nSPS) is 12.0. The number of imidazole rings is 1. The second-order valence-electron chi connectivity index (χ2n) is 9.28. The topological polar surface area (TPSA) is 95.9 Å². The molecule has 8 nitrogen and oxygen atoms in total. The van der Waals surface area contributed by atoms with Crippen LogP contribution >= 0.6 is 0 Å². The fourth-order valence-corrected chi connectivity index (χ4v) is 4.26. The molecule has 1 atom stereocenters. The summed E-state index contributed by atoms with van der Waals surface area (Å²) in [4.78, 5) is 34.5. The lowest BCUT2D eigenvalue weighted by molar-refractivity contribution is -0.109. The maximum Gasteiger partial charge on any atom is 0.272 e. The minimum Gasteiger partial charge on any atom is -0.377 e. The summed E-state index contributed by atoms with van der Waals surface area (Å²) < 4.78 is 1.72. The summed E-state index contributed by atoms with van der Waals surface area (Å²) in [5.41, 5.74) is 7.60. The number of nitrogens with zero attached hydrogens (tertiary/aromatic N) is 4. The van der Waals surface area contributed by atoms with Gasteiger partial charge in [0.1, 0.15) is 17.8 Å². The number of H-pyrrole nitrogens is 1. The Morgan fingerprint density at radius 2 is 1.91 bits per heavy atom. The molecule has 0 bridgehead atoms. The predicted molar refractivity (Wildman–Crippen MR) is 138 cm³/mol. The molecular weight excluding hydrogens is 440 g/mol. The lowest BCUT2D eigenvalue weighted by Gasteiger charge is -2.19. The van der Waals surface area contributed by atoms with Gasteiger partial charge in [0.25, 0.3) is 5.91 Å². The molecular formula is C27H32N6O2. The van der Waals surface area contributed by atoms with Gasteiger partial charge in [0, 0.05) is 38.9 Å². The number of rotatable bonds is 9. The van der Waals surface area contributed by atoms with Gasteiger partial charge in [0.15, 0.2) is 0 Å². The summed E-state index contributed by atoms with van der Waals surface area (Å²) in [6.07, 6.45) is 2.59. The third-order valence-corrected chi connectivity index (χ3v) is 6.20. The highest BCUT2D eigenvalue weighted by Gasteiger charge is 2.18. The van der Waals surface area contributed by atoms with E-state index in [2.05, 4.69) is 57.6 Å². The molecule has 2 heterocycles. The highest BCUT2D eigenvalue weighted by Crippen LogP contribution is 2.26. The number of amides is 1. The van der Waals surface area contributed by atoms with Crippen LogP contribution in [0.25, 0.3) is 11.0 Å². The minimum absolute atomic E-state index is 0.310. The largest absolute Gasteiger partial charge is 0.377 e. The number of anilines is 1. The van der Waals surface area contributed by atoms with Crippen LogP contribution in [-0.2, 0) is 24.7 Å². The number of nitrogens with one attached hydrogen (secondary N) is 2. The number of aldehydes is 1. The van der Waals surface area contributed by atoms with Gasteiger partial charge in [-0.1, -0.05) is 29.8 Å². The van der Waals surface area contributed by atoms with Crippen LogP contribution < -0.4 is 10.2 Å². The first-order chi connectivity index (χ1) is 16.7. The van der Waals surface area contributed by atoms with Crippen molar-refractivity contribution in [3.05, 3.63) is 76.4 Å². The Hall–Kier alpha value is -3.94. The van der Waals surface area contributed by atoms with Crippen LogP contribution in [0.4, 0.5) is 5.69 Å². The van der Waals surface area contributed by atoms with Gasteiger partial charge < -0.3 is 20.0 Å². The van der Waals surface area contributed by atoms with Crippen molar-refractivity contribution in [1.29, 1.82) is 0 Å². The van der Waals surface area contributed by atoms with Crippen LogP contribution in [0, 0.1) is 13.8 Å². The molecule has 4 rings (SSSR count). The molecule has 2 N–H and O–H groups in total. The van der Waals surface area contributed by atoms with Crippen molar-refractivity contribution in [1.82, 2.24) is 25.1 Å². The summed E-state index contributed by atoms with van der Waals surface area (Å²) >= 11 is 0. The van der Waals surface area contributed by atoms with Crippen LogP contribution in [0.2, 0.25) is 0 Å². The zero-order valence-electron chi connectivity index (χ0n) is 20.9. The van der Waals surface area contributed by atoms with Crippen molar-refractivity contribution in [2.45, 2.75) is 39.2 Å². The van der Waals surface area contributed by atoms with Gasteiger partial charge in [0.05, 0.1) is 17.1 Å². The zero-order chi connectivity index (χ0) is 25.1. The second kappa shape index (κ2) is 10.1. The van der Waals surface area contributed by atoms with E-state index in [0.29, 0.717) is 25.0 Å². The monoisotopic (exact) mass is 472 g/mol. The zero-order valence-corrected chi connectivity index (χ0v) is 20.9. The molecule has 2 aromatic carbocycles. The highest BCUT2D eigenvalue weighted by atomic mass is 16.2. The van der Waals surface area contributed by atoms with Crippen molar-refractivity contribution < 1.29 is 9.59 Å². The van der Waals surface area contributed by atoms with E-state index in [1.165, 1.54) is 5.56 Å². The Morgan fingerprint density at radius 3 is 2.60 bits per heavy atom. The summed E-state index contributed by atoms with van der Waals surface area (Å²) in [5, 5.41) is 7.21. The SMILES string of the molecule is Cc1ccc(Cc2cc(C(=O)N[C@H](C=O)CCc3cc4[nH]c(C)nc4cc3N(C)C)nn2C)cc1. The van der Waals surface area contributed by atoms with Gasteiger partial charge in [-0.2, -0.15) is 5.10 Å². The highest BCUT2D eigenvalue weighted by molar-refractivity contribution is 5.94. The maximum atomic E-state index is 12.9. The fourth-order valence-electron chi connectivity index (χ4n) is 4.26. The Morgan fingerprint density at radius 1 is 1.17 bits per heavy atom. The molecule has 0 aliphatic rings. The summed E-state index contributed by atoms with van der Waals surface area (Å²) in [6, 6.07) is 13.6. The molecule has 0 saturated carbocycles. The molecule has 0 saturated heterocycles. The van der Waals surface area contributed by atoms with E-state index in [1.54, 1.807) is 10.7 Å². The molecule has 0 fully saturated rings. The van der Waals surface area contributed by atoms with Crippen molar-refractivity contribution in [2.75, 3.05) is 19.0 Å². The fraction of sp³-hybridized carbons (Fsp3) is 0.333. The molecule has 0 radical (unpaired) electrons. The predicted octanol–water partition coefficient (Wildman–Crippen LogP) is 3.50. The number of carbonyl (C=O) groups excluding carboxylic acids is 2. The average molecular weight is 473 g/mol. The quantitative estimate of drug-likeness (QED) is 0.364. The van der Waals surface area contributed by atoms with E-state index < -0.39 is 6.04 Å². The van der Waals surface area contributed by atoms with Gasteiger partial charge in [0.2, 0.25) is 0 Å². The van der Waals surface area contributed by atoms with Gasteiger partial charge in [-0.05, 0) is 56.0 Å². The molecule has 0 unspecified atom stereocenters. The van der Waals surface area contributed by atoms with Crippen LogP contribution in [0.3, 0.4) is 0 Å². The van der Waals surface area contributed by atoms with E-state index in [4.69, 9.17) is 0 Å². The standard InChI is InChI=1S/C27H32N6O2/c1-17-6-8-19(9-7-17)12-22-14-25(31-33(22)5)27(35)30-21(16-34)11-10-20-13-23-24(29-18(2)28-23)15-26(20)32(3)4/h6-9,13-16,21H,10-12H2,1-5H3,(H,28,29)(H,30,35)/t21-/m0/s1. The third kappa shape index (κ3) is 5.59. The van der Waals surface area contributed by atoms with Gasteiger partial charge >= 0.3 is 0 Å². The van der Waals surface area contributed by atoms with Crippen LogP contribution in [-0.4, -0.2) is 52.1 Å². The Balaban J connectivity index is 1.43. The van der Waals surface area contributed by atoms with Crippen LogP contribution in [0.1, 0.15) is 45.1 Å². The first kappa shape index (κ1) is 24.2. The molecule has 2 aromatic heterocycles. The van der Waals surface area contributed by atoms with Crippen LogP contribution in [0.15, 0.2) is 42.5 Å². The van der Waals surface area contributed by atoms with Crippen molar-refractivity contribution in [3.63, 3.8) is 0 Å². The minimum atomic E-state index is -0.612. The first-order valence-corrected chi connectivity index (χ1v) is 11.7. The third-order valence-electron chi connectivity index (χ3n) is 6.20. The van der Waals surface area contributed by atoms with Gasteiger partial charge in [-0.25, -0.2) is 4.98 Å². The molecule has 8 heteroatoms.